The lowest BCUT2D eigenvalue weighted by atomic mass is 10.0. The van der Waals surface area contributed by atoms with Crippen molar-refractivity contribution >= 4 is 35.7 Å². The van der Waals surface area contributed by atoms with Crippen molar-refractivity contribution in [2.45, 2.75) is 19.0 Å². The number of nitrogens with zero attached hydrogens (tertiary/aromatic N) is 2. The monoisotopic (exact) mass is 337 g/mol. The van der Waals surface area contributed by atoms with E-state index in [2.05, 4.69) is 46.3 Å². The average molecular weight is 338 g/mol. The number of benzene rings is 2. The molecular formula is C20H20ClN3. The van der Waals surface area contributed by atoms with Crippen molar-refractivity contribution in [2.24, 2.45) is 10.7 Å². The average Bonchev–Trinajstić information content (AvgIpc) is 3.04. The molecule has 0 saturated carbocycles. The molecule has 2 heterocycles. The van der Waals surface area contributed by atoms with Crippen LogP contribution in [-0.4, -0.2) is 25.3 Å². The number of hydrogen-bond donors (Lipinski definition) is 1. The second-order valence-corrected chi connectivity index (χ2v) is 6.80. The Morgan fingerprint density at radius 1 is 1.08 bits per heavy atom. The zero-order valence-electron chi connectivity index (χ0n) is 13.5. The Bertz CT molecular complexity index is 826. The molecule has 1 saturated heterocycles. The van der Waals surface area contributed by atoms with Gasteiger partial charge in [-0.1, -0.05) is 48.0 Å². The molecule has 1 atom stereocenters. The summed E-state index contributed by atoms with van der Waals surface area (Å²) in [5.74, 6) is 0. The van der Waals surface area contributed by atoms with E-state index in [9.17, 15) is 0 Å². The molecule has 24 heavy (non-hydrogen) atoms. The first-order valence-corrected chi connectivity index (χ1v) is 8.69. The second kappa shape index (κ2) is 6.42. The fourth-order valence-corrected chi connectivity index (χ4v) is 3.69. The molecule has 1 unspecified atom stereocenters. The van der Waals surface area contributed by atoms with Gasteiger partial charge in [0.2, 0.25) is 0 Å². The molecule has 0 amide bonds. The van der Waals surface area contributed by atoms with Gasteiger partial charge in [0.05, 0.1) is 6.54 Å². The minimum Gasteiger partial charge on any atom is -0.369 e. The van der Waals surface area contributed by atoms with Crippen molar-refractivity contribution in [3.8, 4) is 0 Å². The number of nitrogens with two attached hydrogens (primary N) is 1. The van der Waals surface area contributed by atoms with E-state index < -0.39 is 0 Å². The first-order valence-electron chi connectivity index (χ1n) is 8.31. The first kappa shape index (κ1) is 15.4. The van der Waals surface area contributed by atoms with Gasteiger partial charge < -0.3 is 10.6 Å². The summed E-state index contributed by atoms with van der Waals surface area (Å²) < 4.78 is 0. The lowest BCUT2D eigenvalue weighted by Gasteiger charge is -2.22. The van der Waals surface area contributed by atoms with E-state index >= 15 is 0 Å². The third kappa shape index (κ3) is 2.85. The Morgan fingerprint density at radius 2 is 1.96 bits per heavy atom. The Labute approximate surface area is 147 Å². The third-order valence-corrected chi connectivity index (χ3v) is 5.07. The Hall–Kier alpha value is -2.10. The van der Waals surface area contributed by atoms with Crippen molar-refractivity contribution in [3.63, 3.8) is 0 Å². The maximum Gasteiger partial charge on any atom is 0.0646 e. The molecule has 2 N–H and O–H groups in total. The van der Waals surface area contributed by atoms with Gasteiger partial charge in [-0.2, -0.15) is 0 Å². The maximum absolute atomic E-state index is 6.34. The van der Waals surface area contributed by atoms with Gasteiger partial charge in [-0.3, -0.25) is 4.99 Å². The molecule has 4 rings (SSSR count). The van der Waals surface area contributed by atoms with Gasteiger partial charge in [-0.15, -0.1) is 0 Å². The highest BCUT2D eigenvalue weighted by atomic mass is 35.5. The Kier molecular flexibility index (Phi) is 4.13. The molecule has 1 fully saturated rings. The molecule has 0 spiro atoms. The van der Waals surface area contributed by atoms with Crippen LogP contribution in [0, 0.1) is 0 Å². The highest BCUT2D eigenvalue weighted by Gasteiger charge is 2.22. The number of rotatable bonds is 1. The van der Waals surface area contributed by atoms with Crippen LogP contribution in [0.5, 0.6) is 0 Å². The molecule has 0 aliphatic carbocycles. The van der Waals surface area contributed by atoms with Crippen molar-refractivity contribution in [3.05, 3.63) is 63.7 Å². The van der Waals surface area contributed by atoms with Gasteiger partial charge in [0.25, 0.3) is 0 Å². The third-order valence-electron chi connectivity index (χ3n) is 4.74. The van der Waals surface area contributed by atoms with Crippen LogP contribution in [0.15, 0.2) is 41.4 Å². The summed E-state index contributed by atoms with van der Waals surface area (Å²) in [6.45, 7) is 2.57. The van der Waals surface area contributed by atoms with E-state index in [0.717, 1.165) is 35.7 Å². The predicted molar refractivity (Wildman–Crippen MR) is 103 cm³/mol. The largest absolute Gasteiger partial charge is 0.369 e. The standard InChI is InChI=1S/C20H20ClN3/c21-19-5-1-3-14-7-8-17-15(11-23-12-18(14)19)4-2-6-20(17)24-10-9-16(22)13-24/h1-8,12,16H,9-11,13,22H2. The molecule has 0 aromatic heterocycles. The molecule has 0 radical (unpaired) electrons. The Morgan fingerprint density at radius 3 is 2.79 bits per heavy atom. The van der Waals surface area contributed by atoms with Gasteiger partial charge in [0.1, 0.15) is 0 Å². The van der Waals surface area contributed by atoms with Crippen molar-refractivity contribution in [2.75, 3.05) is 18.0 Å². The number of fused-ring (bicyclic) bond motifs is 2. The zero-order chi connectivity index (χ0) is 16.5. The number of halogens is 1. The second-order valence-electron chi connectivity index (χ2n) is 6.39. The smallest absolute Gasteiger partial charge is 0.0646 e. The predicted octanol–water partition coefficient (Wildman–Crippen LogP) is 3.98. The highest BCUT2D eigenvalue weighted by molar-refractivity contribution is 6.33. The van der Waals surface area contributed by atoms with Crippen LogP contribution in [0.2, 0.25) is 5.02 Å². The van der Waals surface area contributed by atoms with Crippen molar-refractivity contribution < 1.29 is 0 Å². The normalized spacial score (nSPS) is 19.4. The van der Waals surface area contributed by atoms with Crippen LogP contribution in [0.3, 0.4) is 0 Å². The molecule has 2 aliphatic heterocycles. The molecule has 2 aliphatic rings. The van der Waals surface area contributed by atoms with Gasteiger partial charge >= 0.3 is 0 Å². The topological polar surface area (TPSA) is 41.6 Å². The molecule has 2 aromatic carbocycles. The van der Waals surface area contributed by atoms with Crippen molar-refractivity contribution in [1.82, 2.24) is 0 Å². The molecule has 2 aromatic rings. The Balaban J connectivity index is 1.81. The minimum absolute atomic E-state index is 0.263. The molecule has 3 nitrogen and oxygen atoms in total. The fourth-order valence-electron chi connectivity index (χ4n) is 3.46. The zero-order valence-corrected chi connectivity index (χ0v) is 14.2. The first-order chi connectivity index (χ1) is 11.7. The van der Waals surface area contributed by atoms with Crippen LogP contribution in [0.1, 0.15) is 28.7 Å². The summed E-state index contributed by atoms with van der Waals surface area (Å²) in [6, 6.07) is 12.7. The lowest BCUT2D eigenvalue weighted by Crippen LogP contribution is -2.26. The van der Waals surface area contributed by atoms with Gasteiger partial charge in [-0.05, 0) is 29.7 Å². The van der Waals surface area contributed by atoms with Crippen LogP contribution in [-0.2, 0) is 6.54 Å². The van der Waals surface area contributed by atoms with E-state index in [1.807, 2.05) is 18.3 Å². The quantitative estimate of drug-likeness (QED) is 0.855. The summed E-state index contributed by atoms with van der Waals surface area (Å²) in [6.07, 6.45) is 7.26. The summed E-state index contributed by atoms with van der Waals surface area (Å²) in [5, 5.41) is 0.734. The van der Waals surface area contributed by atoms with Crippen molar-refractivity contribution in [1.29, 1.82) is 0 Å². The highest BCUT2D eigenvalue weighted by Crippen LogP contribution is 2.31. The van der Waals surface area contributed by atoms with E-state index in [1.54, 1.807) is 0 Å². The number of anilines is 1. The number of aliphatic imine (C=N–C) groups is 1. The molecule has 0 bridgehead atoms. The lowest BCUT2D eigenvalue weighted by molar-refractivity contribution is 0.752. The molecule has 122 valence electrons. The molecular weight excluding hydrogens is 318 g/mol. The van der Waals surface area contributed by atoms with Crippen LogP contribution >= 0.6 is 11.6 Å². The van der Waals surface area contributed by atoms with E-state index in [1.165, 1.54) is 16.8 Å². The summed E-state index contributed by atoms with van der Waals surface area (Å²) >= 11 is 6.34. The summed E-state index contributed by atoms with van der Waals surface area (Å²) in [7, 11) is 0. The number of hydrogen-bond acceptors (Lipinski definition) is 3. The SMILES string of the molecule is NC1CCN(c2cccc3c2C=Cc2cccc(Cl)c2C=NC3)C1. The minimum atomic E-state index is 0.263. The van der Waals surface area contributed by atoms with Crippen LogP contribution in [0.4, 0.5) is 5.69 Å². The van der Waals surface area contributed by atoms with Crippen LogP contribution in [0.25, 0.3) is 12.2 Å². The summed E-state index contributed by atoms with van der Waals surface area (Å²) in [5.41, 5.74) is 11.9. The van der Waals surface area contributed by atoms with E-state index in [0.29, 0.717) is 6.54 Å². The van der Waals surface area contributed by atoms with Crippen LogP contribution < -0.4 is 10.6 Å². The molecule has 4 heteroatoms. The maximum atomic E-state index is 6.34. The van der Waals surface area contributed by atoms with E-state index in [4.69, 9.17) is 17.3 Å². The summed E-state index contributed by atoms with van der Waals surface area (Å²) in [4.78, 5) is 7.01. The van der Waals surface area contributed by atoms with E-state index in [-0.39, 0.29) is 6.04 Å². The van der Waals surface area contributed by atoms with Gasteiger partial charge in [0.15, 0.2) is 0 Å². The van der Waals surface area contributed by atoms with Gasteiger partial charge in [0, 0.05) is 47.2 Å². The van der Waals surface area contributed by atoms with Gasteiger partial charge in [-0.25, -0.2) is 0 Å². The fraction of sp³-hybridized carbons (Fsp3) is 0.250.